The summed E-state index contributed by atoms with van der Waals surface area (Å²) < 4.78 is 69.8. The van der Waals surface area contributed by atoms with Crippen molar-refractivity contribution in [3.05, 3.63) is 98.6 Å². The van der Waals surface area contributed by atoms with Crippen LogP contribution in [0, 0.1) is 5.82 Å². The molecule has 0 saturated carbocycles. The van der Waals surface area contributed by atoms with Gasteiger partial charge in [-0.05, 0) is 64.5 Å². The minimum Gasteiger partial charge on any atom is -0.448 e. The first-order chi connectivity index (χ1) is 15.6. The molecule has 0 saturated heterocycles. The van der Waals surface area contributed by atoms with E-state index in [1.54, 1.807) is 6.07 Å². The molecule has 1 heterocycles. The van der Waals surface area contributed by atoms with Gasteiger partial charge in [0.05, 0.1) is 15.4 Å². The molecule has 0 aliphatic rings. The summed E-state index contributed by atoms with van der Waals surface area (Å²) in [6.45, 7) is 0. The molecule has 1 aromatic heterocycles. The molecule has 4 rings (SSSR count). The van der Waals surface area contributed by atoms with Crippen molar-refractivity contribution in [1.82, 2.24) is 0 Å². The molecule has 0 aliphatic carbocycles. The molecule has 5 nitrogen and oxygen atoms in total. The van der Waals surface area contributed by atoms with Crippen molar-refractivity contribution >= 4 is 32.9 Å². The van der Waals surface area contributed by atoms with Gasteiger partial charge in [-0.25, -0.2) is 9.18 Å². The number of alkyl halides is 3. The SMILES string of the molecule is O=C(Oc1ccc2c(=O)c(Oc3ccccc3Br)c(C(F)(F)F)oc2c1)c1ccc(F)cc1. The van der Waals surface area contributed by atoms with Gasteiger partial charge in [-0.1, -0.05) is 12.1 Å². The van der Waals surface area contributed by atoms with E-state index in [-0.39, 0.29) is 22.4 Å². The fourth-order valence-electron chi connectivity index (χ4n) is 2.89. The highest BCUT2D eigenvalue weighted by Gasteiger charge is 2.40. The molecule has 3 aromatic carbocycles. The second kappa shape index (κ2) is 8.70. The molecule has 0 N–H and O–H groups in total. The summed E-state index contributed by atoms with van der Waals surface area (Å²) in [6, 6.07) is 13.9. The topological polar surface area (TPSA) is 65.7 Å². The van der Waals surface area contributed by atoms with Crippen LogP contribution in [0.1, 0.15) is 16.1 Å². The van der Waals surface area contributed by atoms with Crippen molar-refractivity contribution in [2.75, 3.05) is 0 Å². The van der Waals surface area contributed by atoms with Gasteiger partial charge in [-0.15, -0.1) is 0 Å². The summed E-state index contributed by atoms with van der Waals surface area (Å²) in [5.74, 6) is -4.29. The molecule has 0 atom stereocenters. The Morgan fingerprint density at radius 3 is 2.33 bits per heavy atom. The van der Waals surface area contributed by atoms with Crippen molar-refractivity contribution in [1.29, 1.82) is 0 Å². The van der Waals surface area contributed by atoms with E-state index < -0.39 is 40.5 Å². The second-order valence-corrected chi connectivity index (χ2v) is 7.53. The number of carbonyl (C=O) groups excluding carboxylic acids is 1. The maximum atomic E-state index is 13.7. The lowest BCUT2D eigenvalue weighted by Gasteiger charge is -2.14. The van der Waals surface area contributed by atoms with Crippen molar-refractivity contribution < 1.29 is 36.2 Å². The minimum absolute atomic E-state index is 0.0144. The van der Waals surface area contributed by atoms with Crippen molar-refractivity contribution in [3.8, 4) is 17.2 Å². The Morgan fingerprint density at radius 1 is 0.970 bits per heavy atom. The zero-order chi connectivity index (χ0) is 23.8. The number of para-hydroxylation sites is 1. The van der Waals surface area contributed by atoms with Crippen molar-refractivity contribution in [2.24, 2.45) is 0 Å². The number of hydrogen-bond acceptors (Lipinski definition) is 5. The van der Waals surface area contributed by atoms with Crippen molar-refractivity contribution in [2.45, 2.75) is 6.18 Å². The molecule has 0 fully saturated rings. The molecule has 0 radical (unpaired) electrons. The van der Waals surface area contributed by atoms with Gasteiger partial charge in [0.15, 0.2) is 0 Å². The van der Waals surface area contributed by atoms with Gasteiger partial charge in [-0.2, -0.15) is 13.2 Å². The van der Waals surface area contributed by atoms with Crippen LogP contribution in [0.5, 0.6) is 17.2 Å². The molecule has 0 spiro atoms. The van der Waals surface area contributed by atoms with Gasteiger partial charge in [0, 0.05) is 6.07 Å². The fraction of sp³-hybridized carbons (Fsp3) is 0.0435. The van der Waals surface area contributed by atoms with Crippen LogP contribution in [0.3, 0.4) is 0 Å². The van der Waals surface area contributed by atoms with Crippen LogP contribution in [0.4, 0.5) is 17.6 Å². The Hall–Kier alpha value is -3.66. The van der Waals surface area contributed by atoms with Gasteiger partial charge >= 0.3 is 12.1 Å². The first-order valence-electron chi connectivity index (χ1n) is 9.21. The molecular formula is C23H11BrF4O5. The van der Waals surface area contributed by atoms with Crippen LogP contribution in [0.25, 0.3) is 11.0 Å². The van der Waals surface area contributed by atoms with Crippen molar-refractivity contribution in [3.63, 3.8) is 0 Å². The summed E-state index contributed by atoms with van der Waals surface area (Å²) >= 11 is 3.15. The molecule has 10 heteroatoms. The van der Waals surface area contributed by atoms with Crippen LogP contribution in [0.15, 0.2) is 80.4 Å². The lowest BCUT2D eigenvalue weighted by atomic mass is 10.2. The standard InChI is InChI=1S/C23H11BrF4O5/c24-16-3-1-2-4-17(16)32-20-19(29)15-10-9-14(11-18(15)33-21(20)23(26,27)28)31-22(30)12-5-7-13(25)8-6-12/h1-11H. The van der Waals surface area contributed by atoms with Crippen LogP contribution in [-0.2, 0) is 6.18 Å². The van der Waals surface area contributed by atoms with Gasteiger partial charge in [0.2, 0.25) is 11.2 Å². The maximum Gasteiger partial charge on any atom is 0.453 e. The number of rotatable bonds is 4. The summed E-state index contributed by atoms with van der Waals surface area (Å²) in [7, 11) is 0. The van der Waals surface area contributed by atoms with Crippen LogP contribution >= 0.6 is 15.9 Å². The maximum absolute atomic E-state index is 13.7. The zero-order valence-electron chi connectivity index (χ0n) is 16.3. The number of carbonyl (C=O) groups is 1. The Bertz CT molecular complexity index is 1410. The highest BCUT2D eigenvalue weighted by atomic mass is 79.9. The van der Waals surface area contributed by atoms with Crippen LogP contribution in [-0.4, -0.2) is 5.97 Å². The Labute approximate surface area is 191 Å². The summed E-state index contributed by atoms with van der Waals surface area (Å²) in [6.07, 6.45) is -5.05. The Balaban J connectivity index is 1.76. The van der Waals surface area contributed by atoms with Crippen LogP contribution in [0.2, 0.25) is 0 Å². The number of ether oxygens (including phenoxy) is 2. The predicted octanol–water partition coefficient (Wildman–Crippen LogP) is 6.72. The Kier molecular flexibility index (Phi) is 5.94. The zero-order valence-corrected chi connectivity index (χ0v) is 17.9. The highest BCUT2D eigenvalue weighted by molar-refractivity contribution is 9.10. The predicted molar refractivity (Wildman–Crippen MR) is 113 cm³/mol. The molecule has 0 amide bonds. The van der Waals surface area contributed by atoms with Gasteiger partial charge in [0.1, 0.15) is 22.9 Å². The number of benzene rings is 3. The third kappa shape index (κ3) is 4.75. The lowest BCUT2D eigenvalue weighted by Crippen LogP contribution is -2.16. The van der Waals surface area contributed by atoms with E-state index in [2.05, 4.69) is 15.9 Å². The number of hydrogen-bond donors (Lipinski definition) is 0. The van der Waals surface area contributed by atoms with Gasteiger partial charge in [-0.3, -0.25) is 4.79 Å². The van der Waals surface area contributed by atoms with E-state index >= 15 is 0 Å². The molecule has 168 valence electrons. The normalized spacial score (nSPS) is 11.4. The highest BCUT2D eigenvalue weighted by Crippen LogP contribution is 2.39. The molecule has 0 aliphatic heterocycles. The monoisotopic (exact) mass is 522 g/mol. The number of fused-ring (bicyclic) bond motifs is 1. The summed E-state index contributed by atoms with van der Waals surface area (Å²) in [5.41, 5.74) is -1.50. The first-order valence-corrected chi connectivity index (χ1v) is 10.0. The minimum atomic E-state index is -5.05. The molecular weight excluding hydrogens is 512 g/mol. The molecule has 0 unspecified atom stereocenters. The van der Waals surface area contributed by atoms with E-state index in [0.717, 1.165) is 24.3 Å². The van der Waals surface area contributed by atoms with E-state index in [0.29, 0.717) is 4.47 Å². The lowest BCUT2D eigenvalue weighted by molar-refractivity contribution is -0.154. The van der Waals surface area contributed by atoms with Crippen LogP contribution < -0.4 is 14.9 Å². The van der Waals surface area contributed by atoms with Gasteiger partial charge < -0.3 is 13.9 Å². The largest absolute Gasteiger partial charge is 0.453 e. The Morgan fingerprint density at radius 2 is 1.67 bits per heavy atom. The number of halogens is 5. The van der Waals surface area contributed by atoms with E-state index in [1.165, 1.54) is 36.4 Å². The van der Waals surface area contributed by atoms with E-state index in [9.17, 15) is 27.2 Å². The summed E-state index contributed by atoms with van der Waals surface area (Å²) in [4.78, 5) is 25.1. The number of esters is 1. The smallest absolute Gasteiger partial charge is 0.448 e. The molecule has 4 aromatic rings. The fourth-order valence-corrected chi connectivity index (χ4v) is 3.25. The van der Waals surface area contributed by atoms with E-state index in [1.807, 2.05) is 0 Å². The first kappa shape index (κ1) is 22.5. The third-order valence-corrected chi connectivity index (χ3v) is 5.07. The average Bonchev–Trinajstić information content (AvgIpc) is 2.76. The quantitative estimate of drug-likeness (QED) is 0.169. The second-order valence-electron chi connectivity index (χ2n) is 6.67. The van der Waals surface area contributed by atoms with E-state index in [4.69, 9.17) is 13.9 Å². The van der Waals surface area contributed by atoms with Gasteiger partial charge in [0.25, 0.3) is 5.76 Å². The third-order valence-electron chi connectivity index (χ3n) is 4.42. The molecule has 33 heavy (non-hydrogen) atoms. The average molecular weight is 523 g/mol. The summed E-state index contributed by atoms with van der Waals surface area (Å²) in [5, 5.41) is -0.216. The molecule has 0 bridgehead atoms.